The van der Waals surface area contributed by atoms with Crippen molar-refractivity contribution in [1.82, 2.24) is 9.88 Å². The van der Waals surface area contributed by atoms with Gasteiger partial charge in [0, 0.05) is 12.1 Å². The number of ether oxygens (including phenoxy) is 1. The number of aromatic nitrogens is 1. The lowest BCUT2D eigenvalue weighted by molar-refractivity contribution is 0.0986. The first-order chi connectivity index (χ1) is 13.5. The van der Waals surface area contributed by atoms with Crippen LogP contribution in [-0.4, -0.2) is 50.1 Å². The minimum Gasteiger partial charge on any atom is -0.497 e. The molecule has 0 saturated heterocycles. The van der Waals surface area contributed by atoms with Crippen LogP contribution in [0.1, 0.15) is 22.3 Å². The number of nitrogens with zero attached hydrogens (tertiary/aromatic N) is 4. The van der Waals surface area contributed by atoms with E-state index in [4.69, 9.17) is 10.00 Å². The number of hydrogen-bond donors (Lipinski definition) is 0. The average Bonchev–Trinajstić information content (AvgIpc) is 3.13. The molecule has 0 aliphatic rings. The third kappa shape index (κ3) is 5.45. The van der Waals surface area contributed by atoms with Crippen LogP contribution in [0.5, 0.6) is 5.75 Å². The largest absolute Gasteiger partial charge is 0.497 e. The molecule has 0 bridgehead atoms. The predicted molar refractivity (Wildman–Crippen MR) is 119 cm³/mol. The Morgan fingerprint density at radius 3 is 2.52 bits per heavy atom. The molecule has 3 aromatic rings. The highest BCUT2D eigenvalue weighted by Crippen LogP contribution is 2.32. The number of carbonyl (C=O) groups excluding carboxylic acids is 1. The molecule has 0 radical (unpaired) electrons. The van der Waals surface area contributed by atoms with Gasteiger partial charge in [0.25, 0.3) is 5.91 Å². The summed E-state index contributed by atoms with van der Waals surface area (Å²) in [5, 5.41) is 9.64. The third-order valence-corrected chi connectivity index (χ3v) is 5.35. The van der Waals surface area contributed by atoms with Crippen LogP contribution in [0.2, 0.25) is 0 Å². The average molecular weight is 431 g/mol. The number of halogens is 1. The second-order valence-electron chi connectivity index (χ2n) is 6.63. The highest BCUT2D eigenvalue weighted by molar-refractivity contribution is 7.22. The summed E-state index contributed by atoms with van der Waals surface area (Å²) < 4.78 is 6.26. The molecule has 0 atom stereocenters. The Morgan fingerprint density at radius 2 is 1.90 bits per heavy atom. The number of carbonyl (C=O) groups is 1. The molecule has 1 aromatic heterocycles. The number of anilines is 1. The first kappa shape index (κ1) is 22.6. The molecule has 1 heterocycles. The molecule has 0 aliphatic heterocycles. The number of fused-ring (bicyclic) bond motifs is 1. The van der Waals surface area contributed by atoms with Crippen molar-refractivity contribution >= 4 is 45.0 Å². The number of rotatable bonds is 7. The van der Waals surface area contributed by atoms with Crippen LogP contribution in [0, 0.1) is 11.3 Å². The molecular weight excluding hydrogens is 408 g/mol. The first-order valence-electron chi connectivity index (χ1n) is 8.93. The zero-order chi connectivity index (χ0) is 20.1. The van der Waals surface area contributed by atoms with Gasteiger partial charge >= 0.3 is 0 Å². The Labute approximate surface area is 180 Å². The third-order valence-electron chi connectivity index (χ3n) is 4.31. The van der Waals surface area contributed by atoms with E-state index >= 15 is 0 Å². The lowest BCUT2D eigenvalue weighted by Crippen LogP contribution is -2.33. The van der Waals surface area contributed by atoms with Crippen molar-refractivity contribution < 1.29 is 9.53 Å². The van der Waals surface area contributed by atoms with E-state index in [2.05, 4.69) is 16.0 Å². The van der Waals surface area contributed by atoms with Crippen molar-refractivity contribution in [1.29, 1.82) is 5.26 Å². The van der Waals surface area contributed by atoms with Gasteiger partial charge in [-0.15, -0.1) is 12.4 Å². The minimum absolute atomic E-state index is 0. The fourth-order valence-electron chi connectivity index (χ4n) is 2.81. The van der Waals surface area contributed by atoms with E-state index in [0.717, 1.165) is 28.9 Å². The molecule has 0 saturated carbocycles. The van der Waals surface area contributed by atoms with Gasteiger partial charge in [-0.1, -0.05) is 11.3 Å². The van der Waals surface area contributed by atoms with E-state index in [0.29, 0.717) is 22.8 Å². The highest BCUT2D eigenvalue weighted by atomic mass is 35.5. The number of benzene rings is 2. The van der Waals surface area contributed by atoms with E-state index in [-0.39, 0.29) is 18.3 Å². The Hall–Kier alpha value is -2.66. The first-order valence-corrected chi connectivity index (χ1v) is 9.75. The molecule has 0 spiro atoms. The van der Waals surface area contributed by atoms with Crippen molar-refractivity contribution in [3.05, 3.63) is 53.6 Å². The summed E-state index contributed by atoms with van der Waals surface area (Å²) in [6, 6.07) is 14.5. The van der Waals surface area contributed by atoms with E-state index in [1.165, 1.54) is 11.3 Å². The zero-order valence-corrected chi connectivity index (χ0v) is 18.2. The summed E-state index contributed by atoms with van der Waals surface area (Å²) in [4.78, 5) is 21.7. The summed E-state index contributed by atoms with van der Waals surface area (Å²) in [5.74, 6) is 0.648. The predicted octanol–water partition coefficient (Wildman–Crippen LogP) is 4.20. The monoisotopic (exact) mass is 430 g/mol. The summed E-state index contributed by atoms with van der Waals surface area (Å²) >= 11 is 1.47. The minimum atomic E-state index is -0.116. The molecule has 1 amide bonds. The van der Waals surface area contributed by atoms with Gasteiger partial charge in [0.05, 0.1) is 29.0 Å². The molecule has 2 aromatic carbocycles. The highest BCUT2D eigenvalue weighted by Gasteiger charge is 2.21. The maximum Gasteiger partial charge on any atom is 0.260 e. The van der Waals surface area contributed by atoms with Crippen molar-refractivity contribution in [3.8, 4) is 11.8 Å². The van der Waals surface area contributed by atoms with Crippen LogP contribution >= 0.6 is 23.7 Å². The normalized spacial score (nSPS) is 10.4. The lowest BCUT2D eigenvalue weighted by Gasteiger charge is -2.21. The van der Waals surface area contributed by atoms with E-state index in [9.17, 15) is 4.79 Å². The van der Waals surface area contributed by atoms with Crippen molar-refractivity contribution in [3.63, 3.8) is 0 Å². The summed E-state index contributed by atoms with van der Waals surface area (Å²) in [6.45, 7) is 1.43. The Bertz CT molecular complexity index is 1010. The van der Waals surface area contributed by atoms with E-state index in [1.54, 1.807) is 36.3 Å². The molecule has 0 N–H and O–H groups in total. The van der Waals surface area contributed by atoms with Crippen LogP contribution in [0.4, 0.5) is 5.13 Å². The van der Waals surface area contributed by atoms with Gasteiger partial charge in [-0.3, -0.25) is 9.69 Å². The summed E-state index contributed by atoms with van der Waals surface area (Å²) in [5.41, 5.74) is 1.91. The number of methoxy groups -OCH3 is 1. The van der Waals surface area contributed by atoms with E-state index < -0.39 is 0 Å². The van der Waals surface area contributed by atoms with Gasteiger partial charge in [-0.25, -0.2) is 4.98 Å². The van der Waals surface area contributed by atoms with Crippen LogP contribution in [-0.2, 0) is 0 Å². The Morgan fingerprint density at radius 1 is 1.17 bits per heavy atom. The second kappa shape index (κ2) is 10.2. The van der Waals surface area contributed by atoms with Crippen molar-refractivity contribution in [2.75, 3.05) is 39.2 Å². The molecule has 0 aliphatic carbocycles. The van der Waals surface area contributed by atoms with Gasteiger partial charge in [0.15, 0.2) is 5.13 Å². The van der Waals surface area contributed by atoms with Gasteiger partial charge in [-0.05, 0) is 69.5 Å². The summed E-state index contributed by atoms with van der Waals surface area (Å²) in [7, 11) is 5.65. The quantitative estimate of drug-likeness (QED) is 0.562. The van der Waals surface area contributed by atoms with Crippen LogP contribution in [0.25, 0.3) is 10.2 Å². The lowest BCUT2D eigenvalue weighted by atomic mass is 10.1. The number of amides is 1. The molecule has 8 heteroatoms. The fourth-order valence-corrected chi connectivity index (χ4v) is 3.83. The zero-order valence-electron chi connectivity index (χ0n) is 16.6. The number of hydrogen-bond acceptors (Lipinski definition) is 6. The van der Waals surface area contributed by atoms with Crippen LogP contribution < -0.4 is 9.64 Å². The SMILES string of the molecule is COc1ccc2nc(N(CCCN(C)C)C(=O)c3ccc(C#N)cc3)sc2c1.Cl. The fraction of sp³-hybridized carbons (Fsp3) is 0.286. The second-order valence-corrected chi connectivity index (χ2v) is 7.64. The molecule has 3 rings (SSSR count). The molecule has 0 unspecified atom stereocenters. The Balaban J connectivity index is 0.00000300. The topological polar surface area (TPSA) is 69.5 Å². The number of nitriles is 1. The molecule has 152 valence electrons. The maximum absolute atomic E-state index is 13.2. The molecule has 6 nitrogen and oxygen atoms in total. The van der Waals surface area contributed by atoms with Crippen molar-refractivity contribution in [2.24, 2.45) is 0 Å². The summed E-state index contributed by atoms with van der Waals surface area (Å²) in [6.07, 6.45) is 0.828. The smallest absolute Gasteiger partial charge is 0.260 e. The van der Waals surface area contributed by atoms with Crippen LogP contribution in [0.15, 0.2) is 42.5 Å². The van der Waals surface area contributed by atoms with Crippen LogP contribution in [0.3, 0.4) is 0 Å². The number of thiazole rings is 1. The molecule has 29 heavy (non-hydrogen) atoms. The van der Waals surface area contributed by atoms with Gasteiger partial charge in [0.2, 0.25) is 0 Å². The Kier molecular flexibility index (Phi) is 7.97. The molecule has 0 fully saturated rings. The standard InChI is InChI=1S/C21H22N4O2S.ClH/c1-24(2)11-4-12-25(20(26)16-7-5-15(14-22)6-8-16)21-23-18-10-9-17(27-3)13-19(18)28-21;/h5-10,13H,4,11-12H2,1-3H3;1H. The van der Waals surface area contributed by atoms with E-state index in [1.807, 2.05) is 32.3 Å². The van der Waals surface area contributed by atoms with Gasteiger partial charge in [0.1, 0.15) is 5.75 Å². The van der Waals surface area contributed by atoms with Gasteiger partial charge < -0.3 is 9.64 Å². The maximum atomic E-state index is 13.2. The van der Waals surface area contributed by atoms with Crippen molar-refractivity contribution in [2.45, 2.75) is 6.42 Å². The van der Waals surface area contributed by atoms with Gasteiger partial charge in [-0.2, -0.15) is 5.26 Å². The molecular formula is C21H23ClN4O2S.